The number of amides is 3. The second kappa shape index (κ2) is 9.46. The minimum atomic E-state index is -0.291. The van der Waals surface area contributed by atoms with Crippen LogP contribution >= 0.6 is 11.8 Å². The first-order valence-electron chi connectivity index (χ1n) is 8.47. The summed E-state index contributed by atoms with van der Waals surface area (Å²) in [5.74, 6) is -0.237. The lowest BCUT2D eigenvalue weighted by molar-refractivity contribution is -0.124. The molecule has 3 amide bonds. The van der Waals surface area contributed by atoms with E-state index in [1.807, 2.05) is 31.2 Å². The number of thioether (sulfide) groups is 1. The Morgan fingerprint density at radius 2 is 1.80 bits per heavy atom. The summed E-state index contributed by atoms with van der Waals surface area (Å²) in [4.78, 5) is 35.1. The molecular formula is C18H25N3O3S. The Morgan fingerprint density at radius 3 is 2.48 bits per heavy atom. The monoisotopic (exact) mass is 363 g/mol. The van der Waals surface area contributed by atoms with Crippen molar-refractivity contribution in [1.29, 1.82) is 0 Å². The maximum Gasteiger partial charge on any atom is 0.234 e. The summed E-state index contributed by atoms with van der Waals surface area (Å²) in [7, 11) is 0. The van der Waals surface area contributed by atoms with Crippen LogP contribution in [-0.2, 0) is 14.4 Å². The molecule has 0 radical (unpaired) electrons. The lowest BCUT2D eigenvalue weighted by Crippen LogP contribution is -2.42. The average Bonchev–Trinajstić information content (AvgIpc) is 2.57. The molecule has 0 unspecified atom stereocenters. The van der Waals surface area contributed by atoms with Crippen molar-refractivity contribution in [2.24, 2.45) is 11.7 Å². The summed E-state index contributed by atoms with van der Waals surface area (Å²) >= 11 is 1.27. The third-order valence-corrected chi connectivity index (χ3v) is 5.18. The molecule has 25 heavy (non-hydrogen) atoms. The molecule has 0 spiro atoms. The summed E-state index contributed by atoms with van der Waals surface area (Å²) < 4.78 is 0. The van der Waals surface area contributed by atoms with Crippen molar-refractivity contribution in [3.63, 3.8) is 0 Å². The van der Waals surface area contributed by atoms with Crippen LogP contribution in [0.5, 0.6) is 0 Å². The van der Waals surface area contributed by atoms with Crippen molar-refractivity contribution < 1.29 is 14.4 Å². The molecule has 1 aliphatic carbocycles. The van der Waals surface area contributed by atoms with Crippen LogP contribution in [0.15, 0.2) is 24.3 Å². The number of rotatable bonds is 7. The molecule has 1 aromatic rings. The maximum atomic E-state index is 12.0. The third kappa shape index (κ3) is 6.78. The van der Waals surface area contributed by atoms with E-state index >= 15 is 0 Å². The first kappa shape index (κ1) is 19.3. The second-order valence-corrected chi connectivity index (χ2v) is 7.42. The van der Waals surface area contributed by atoms with Gasteiger partial charge in [0.25, 0.3) is 0 Å². The highest BCUT2D eigenvalue weighted by atomic mass is 32.2. The Morgan fingerprint density at radius 1 is 1.12 bits per heavy atom. The number of carbonyl (C=O) groups is 3. The van der Waals surface area contributed by atoms with E-state index in [0.29, 0.717) is 6.42 Å². The second-order valence-electron chi connectivity index (χ2n) is 6.44. The number of benzene rings is 1. The fourth-order valence-corrected chi connectivity index (χ4v) is 3.55. The summed E-state index contributed by atoms with van der Waals surface area (Å²) in [5.41, 5.74) is 7.23. The molecule has 136 valence electrons. The minimum absolute atomic E-state index is 0.000680. The van der Waals surface area contributed by atoms with Gasteiger partial charge in [-0.15, -0.1) is 11.8 Å². The molecule has 1 fully saturated rings. The van der Waals surface area contributed by atoms with Crippen molar-refractivity contribution in [3.8, 4) is 0 Å². The van der Waals surface area contributed by atoms with Crippen LogP contribution < -0.4 is 16.4 Å². The van der Waals surface area contributed by atoms with E-state index in [-0.39, 0.29) is 41.2 Å². The molecule has 1 aromatic carbocycles. The van der Waals surface area contributed by atoms with E-state index in [0.717, 1.165) is 30.5 Å². The number of aryl methyl sites for hydroxylation is 1. The molecule has 0 bridgehead atoms. The van der Waals surface area contributed by atoms with E-state index in [4.69, 9.17) is 5.73 Å². The van der Waals surface area contributed by atoms with Crippen LogP contribution in [0.25, 0.3) is 0 Å². The van der Waals surface area contributed by atoms with Crippen molar-refractivity contribution in [3.05, 3.63) is 29.8 Å². The van der Waals surface area contributed by atoms with Gasteiger partial charge in [-0.1, -0.05) is 24.1 Å². The number of hydrogen-bond donors (Lipinski definition) is 3. The van der Waals surface area contributed by atoms with E-state index in [2.05, 4.69) is 10.6 Å². The Balaban J connectivity index is 1.65. The number of nitrogens with one attached hydrogen (secondary N) is 2. The van der Waals surface area contributed by atoms with Crippen LogP contribution in [0.1, 0.15) is 31.2 Å². The Kier molecular flexibility index (Phi) is 7.31. The Hall–Kier alpha value is -2.02. The number of primary amides is 1. The molecule has 1 aliphatic rings. The third-order valence-electron chi connectivity index (χ3n) is 4.24. The van der Waals surface area contributed by atoms with E-state index in [1.54, 1.807) is 0 Å². The fourth-order valence-electron chi connectivity index (χ4n) is 2.92. The van der Waals surface area contributed by atoms with Crippen molar-refractivity contribution >= 4 is 35.2 Å². The summed E-state index contributed by atoms with van der Waals surface area (Å²) in [5, 5.41) is 5.73. The Labute approximate surface area is 152 Å². The summed E-state index contributed by atoms with van der Waals surface area (Å²) in [6, 6.07) is 7.56. The molecule has 2 atom stereocenters. The van der Waals surface area contributed by atoms with Crippen LogP contribution in [0.3, 0.4) is 0 Å². The lowest BCUT2D eigenvalue weighted by Gasteiger charge is -2.27. The standard InChI is InChI=1S/C18H25N3O3S/c1-12-5-7-14(8-6-12)20-16(22)10-25-11-17(23)21-15-4-2-3-13(9-15)18(19)24/h5-8,13,15H,2-4,9-11H2,1H3,(H2,19,24)(H,20,22)(H,21,23)/t13-,15+/m1/s1. The quantitative estimate of drug-likeness (QED) is 0.688. The predicted octanol–water partition coefficient (Wildman–Crippen LogP) is 1.83. The van der Waals surface area contributed by atoms with Gasteiger partial charge in [-0.2, -0.15) is 0 Å². The van der Waals surface area contributed by atoms with Gasteiger partial charge in [0.05, 0.1) is 11.5 Å². The predicted molar refractivity (Wildman–Crippen MR) is 100 cm³/mol. The van der Waals surface area contributed by atoms with Crippen LogP contribution in [0.4, 0.5) is 5.69 Å². The minimum Gasteiger partial charge on any atom is -0.369 e. The van der Waals surface area contributed by atoms with Crippen molar-refractivity contribution in [2.45, 2.75) is 38.6 Å². The van der Waals surface area contributed by atoms with Crippen LogP contribution in [0, 0.1) is 12.8 Å². The molecular weight excluding hydrogens is 338 g/mol. The van der Waals surface area contributed by atoms with Gasteiger partial charge in [-0.05, 0) is 38.3 Å². The first-order chi connectivity index (χ1) is 11.9. The number of anilines is 1. The van der Waals surface area contributed by atoms with Gasteiger partial charge in [0.1, 0.15) is 0 Å². The molecule has 0 aliphatic heterocycles. The molecule has 2 rings (SSSR count). The van der Waals surface area contributed by atoms with Gasteiger partial charge in [0.2, 0.25) is 17.7 Å². The highest BCUT2D eigenvalue weighted by molar-refractivity contribution is 8.00. The number of carbonyl (C=O) groups excluding carboxylic acids is 3. The highest BCUT2D eigenvalue weighted by Crippen LogP contribution is 2.24. The van der Waals surface area contributed by atoms with E-state index in [9.17, 15) is 14.4 Å². The van der Waals surface area contributed by atoms with Gasteiger partial charge in [0.15, 0.2) is 0 Å². The molecule has 1 saturated carbocycles. The highest BCUT2D eigenvalue weighted by Gasteiger charge is 2.26. The van der Waals surface area contributed by atoms with Gasteiger partial charge in [0, 0.05) is 17.6 Å². The van der Waals surface area contributed by atoms with Crippen molar-refractivity contribution in [1.82, 2.24) is 5.32 Å². The first-order valence-corrected chi connectivity index (χ1v) is 9.62. The zero-order chi connectivity index (χ0) is 18.2. The fraction of sp³-hybridized carbons (Fsp3) is 0.500. The van der Waals surface area contributed by atoms with E-state index < -0.39 is 0 Å². The molecule has 7 heteroatoms. The van der Waals surface area contributed by atoms with Gasteiger partial charge < -0.3 is 16.4 Å². The zero-order valence-corrected chi connectivity index (χ0v) is 15.2. The number of hydrogen-bond acceptors (Lipinski definition) is 4. The normalized spacial score (nSPS) is 19.9. The number of nitrogens with two attached hydrogens (primary N) is 1. The lowest BCUT2D eigenvalue weighted by atomic mass is 9.85. The van der Waals surface area contributed by atoms with Gasteiger partial charge >= 0.3 is 0 Å². The summed E-state index contributed by atoms with van der Waals surface area (Å²) in [6.07, 6.45) is 3.17. The van der Waals surface area contributed by atoms with Crippen LogP contribution in [0.2, 0.25) is 0 Å². The van der Waals surface area contributed by atoms with Crippen molar-refractivity contribution in [2.75, 3.05) is 16.8 Å². The molecule has 0 aromatic heterocycles. The zero-order valence-electron chi connectivity index (χ0n) is 14.4. The molecule has 0 saturated heterocycles. The van der Waals surface area contributed by atoms with E-state index in [1.165, 1.54) is 11.8 Å². The van der Waals surface area contributed by atoms with Gasteiger partial charge in [-0.25, -0.2) is 0 Å². The molecule has 0 heterocycles. The Bertz CT molecular complexity index is 618. The molecule has 6 nitrogen and oxygen atoms in total. The summed E-state index contributed by atoms with van der Waals surface area (Å²) in [6.45, 7) is 1.98. The van der Waals surface area contributed by atoms with Crippen LogP contribution in [-0.4, -0.2) is 35.3 Å². The average molecular weight is 363 g/mol. The smallest absolute Gasteiger partial charge is 0.234 e. The maximum absolute atomic E-state index is 12.0. The molecule has 4 N–H and O–H groups in total. The SMILES string of the molecule is Cc1ccc(NC(=O)CSCC(=O)N[C@H]2CCC[C@@H](C(N)=O)C2)cc1. The van der Waals surface area contributed by atoms with Gasteiger partial charge in [-0.3, -0.25) is 14.4 Å². The topological polar surface area (TPSA) is 101 Å². The largest absolute Gasteiger partial charge is 0.369 e.